The zero-order valence-electron chi connectivity index (χ0n) is 11.3. The normalized spacial score (nSPS) is 13.8. The molecular weight excluding hydrogens is 342 g/mol. The first-order valence-corrected chi connectivity index (χ1v) is 7.41. The third kappa shape index (κ3) is 5.57. The van der Waals surface area contributed by atoms with E-state index in [9.17, 15) is 4.79 Å². The van der Waals surface area contributed by atoms with Gasteiger partial charge in [0.1, 0.15) is 6.17 Å². The maximum Gasteiger partial charge on any atom is 0.228 e. The van der Waals surface area contributed by atoms with Gasteiger partial charge in [0.05, 0.1) is 0 Å². The molecule has 0 saturated heterocycles. The molecule has 3 nitrogen and oxygen atoms in total. The molecule has 0 aliphatic rings. The van der Waals surface area contributed by atoms with E-state index < -0.39 is 15.4 Å². The van der Waals surface area contributed by atoms with Gasteiger partial charge < -0.3 is 10.6 Å². The van der Waals surface area contributed by atoms with E-state index in [2.05, 4.69) is 10.6 Å². The lowest BCUT2D eigenvalue weighted by molar-refractivity contribution is -0.129. The van der Waals surface area contributed by atoms with Crippen LogP contribution in [0.5, 0.6) is 0 Å². The van der Waals surface area contributed by atoms with Crippen LogP contribution >= 0.6 is 46.4 Å². The van der Waals surface area contributed by atoms with Crippen molar-refractivity contribution in [3.05, 3.63) is 29.3 Å². The number of halogens is 4. The van der Waals surface area contributed by atoms with Crippen LogP contribution in [-0.4, -0.2) is 15.9 Å². The number of alkyl halides is 3. The molecule has 0 aliphatic carbocycles. The second kappa shape index (κ2) is 6.61. The second-order valence-corrected chi connectivity index (χ2v) is 8.15. The molecule has 0 bridgehead atoms. The molecule has 7 heteroatoms. The lowest BCUT2D eigenvalue weighted by atomic mass is 9.95. The lowest BCUT2D eigenvalue weighted by Gasteiger charge is -2.30. The smallest absolute Gasteiger partial charge is 0.228 e. The van der Waals surface area contributed by atoms with Gasteiger partial charge in [-0.05, 0) is 24.3 Å². The Bertz CT molecular complexity index is 463. The molecule has 0 aromatic heterocycles. The molecule has 0 radical (unpaired) electrons. The third-order valence-electron chi connectivity index (χ3n) is 2.44. The van der Waals surface area contributed by atoms with Crippen LogP contribution in [0.15, 0.2) is 24.3 Å². The van der Waals surface area contributed by atoms with Crippen LogP contribution in [0.4, 0.5) is 5.69 Å². The zero-order chi connectivity index (χ0) is 15.6. The molecule has 2 N–H and O–H groups in total. The van der Waals surface area contributed by atoms with E-state index in [0.717, 1.165) is 0 Å². The zero-order valence-corrected chi connectivity index (χ0v) is 14.3. The topological polar surface area (TPSA) is 41.1 Å². The molecule has 20 heavy (non-hydrogen) atoms. The largest absolute Gasteiger partial charge is 0.362 e. The monoisotopic (exact) mass is 356 g/mol. The Balaban J connectivity index is 2.86. The highest BCUT2D eigenvalue weighted by atomic mass is 35.6. The molecule has 112 valence electrons. The van der Waals surface area contributed by atoms with Gasteiger partial charge in [-0.2, -0.15) is 0 Å². The minimum Gasteiger partial charge on any atom is -0.362 e. The number of hydrogen-bond acceptors (Lipinski definition) is 2. The first-order chi connectivity index (χ1) is 9.00. The highest BCUT2D eigenvalue weighted by molar-refractivity contribution is 6.68. The molecular formula is C13H16Cl4N2O. The van der Waals surface area contributed by atoms with Crippen molar-refractivity contribution >= 4 is 58.0 Å². The predicted octanol–water partition coefficient (Wildman–Crippen LogP) is 4.61. The molecule has 1 amide bonds. The van der Waals surface area contributed by atoms with E-state index >= 15 is 0 Å². The van der Waals surface area contributed by atoms with Crippen molar-refractivity contribution in [2.45, 2.75) is 30.7 Å². The van der Waals surface area contributed by atoms with Crippen LogP contribution in [0.25, 0.3) is 0 Å². The standard InChI is InChI=1S/C13H16Cl4N2O/c1-12(2,3)11(20)19-10(13(15,16)17)18-9-6-4-8(14)5-7-9/h4-7,10,18H,1-3H3,(H,19,20)/t10-/m0/s1. The molecule has 0 heterocycles. The van der Waals surface area contributed by atoms with Crippen molar-refractivity contribution in [3.8, 4) is 0 Å². The molecule has 0 aliphatic heterocycles. The van der Waals surface area contributed by atoms with Crippen molar-refractivity contribution in [1.29, 1.82) is 0 Å². The lowest BCUT2D eigenvalue weighted by Crippen LogP contribution is -2.52. The van der Waals surface area contributed by atoms with E-state index in [4.69, 9.17) is 46.4 Å². The summed E-state index contributed by atoms with van der Waals surface area (Å²) >= 11 is 23.5. The fourth-order valence-electron chi connectivity index (χ4n) is 1.26. The molecule has 0 fully saturated rings. The number of hydrogen-bond donors (Lipinski definition) is 2. The van der Waals surface area contributed by atoms with Crippen molar-refractivity contribution in [2.75, 3.05) is 5.32 Å². The first kappa shape index (κ1) is 17.7. The van der Waals surface area contributed by atoms with E-state index in [1.54, 1.807) is 45.0 Å². The molecule has 1 atom stereocenters. The van der Waals surface area contributed by atoms with Crippen molar-refractivity contribution in [3.63, 3.8) is 0 Å². The number of rotatable bonds is 3. The molecule has 1 aromatic carbocycles. The first-order valence-electron chi connectivity index (χ1n) is 5.90. The molecule has 1 aromatic rings. The van der Waals surface area contributed by atoms with Crippen LogP contribution < -0.4 is 10.6 Å². The van der Waals surface area contributed by atoms with Crippen LogP contribution in [0.3, 0.4) is 0 Å². The summed E-state index contributed by atoms with van der Waals surface area (Å²) in [7, 11) is 0. The van der Waals surface area contributed by atoms with Crippen LogP contribution in [0.1, 0.15) is 20.8 Å². The molecule has 1 rings (SSSR count). The van der Waals surface area contributed by atoms with E-state index in [-0.39, 0.29) is 5.91 Å². The molecule has 0 saturated carbocycles. The van der Waals surface area contributed by atoms with Gasteiger partial charge in [-0.25, -0.2) is 0 Å². The summed E-state index contributed by atoms with van der Waals surface area (Å²) in [6.07, 6.45) is -0.861. The SMILES string of the molecule is CC(C)(C)C(=O)N[C@H](Nc1ccc(Cl)cc1)C(Cl)(Cl)Cl. The van der Waals surface area contributed by atoms with Crippen LogP contribution in [-0.2, 0) is 4.79 Å². The average Bonchev–Trinajstić information content (AvgIpc) is 2.28. The molecule has 0 spiro atoms. The maximum absolute atomic E-state index is 12.0. The Morgan fingerprint density at radius 2 is 1.60 bits per heavy atom. The third-order valence-corrected chi connectivity index (χ3v) is 3.35. The van der Waals surface area contributed by atoms with Gasteiger partial charge >= 0.3 is 0 Å². The summed E-state index contributed by atoms with van der Waals surface area (Å²) in [6, 6.07) is 6.86. The Hall–Kier alpha value is -0.350. The summed E-state index contributed by atoms with van der Waals surface area (Å²) in [5.74, 6) is -0.227. The number of anilines is 1. The second-order valence-electron chi connectivity index (χ2n) is 5.35. The quantitative estimate of drug-likeness (QED) is 0.612. The minimum absolute atomic E-state index is 0.227. The predicted molar refractivity (Wildman–Crippen MR) is 86.8 cm³/mol. The molecule has 0 unspecified atom stereocenters. The number of carbonyl (C=O) groups excluding carboxylic acids is 1. The van der Waals surface area contributed by atoms with E-state index in [1.807, 2.05) is 0 Å². The van der Waals surface area contributed by atoms with Crippen LogP contribution in [0.2, 0.25) is 5.02 Å². The number of carbonyl (C=O) groups is 1. The van der Waals surface area contributed by atoms with Gasteiger partial charge in [0.2, 0.25) is 9.70 Å². The Kier molecular flexibility index (Phi) is 5.85. The van der Waals surface area contributed by atoms with Gasteiger partial charge in [0, 0.05) is 16.1 Å². The van der Waals surface area contributed by atoms with Crippen molar-refractivity contribution in [2.24, 2.45) is 5.41 Å². The van der Waals surface area contributed by atoms with Gasteiger partial charge in [0.15, 0.2) is 0 Å². The summed E-state index contributed by atoms with van der Waals surface area (Å²) in [6.45, 7) is 5.33. The van der Waals surface area contributed by atoms with Crippen molar-refractivity contribution in [1.82, 2.24) is 5.32 Å². The number of amides is 1. The van der Waals surface area contributed by atoms with Crippen LogP contribution in [0, 0.1) is 5.41 Å². The van der Waals surface area contributed by atoms with Gasteiger partial charge in [0.25, 0.3) is 0 Å². The Morgan fingerprint density at radius 1 is 1.10 bits per heavy atom. The number of benzene rings is 1. The Labute approximate surface area is 138 Å². The van der Waals surface area contributed by atoms with Gasteiger partial charge in [-0.3, -0.25) is 4.79 Å². The average molecular weight is 358 g/mol. The fourth-order valence-corrected chi connectivity index (χ4v) is 1.71. The summed E-state index contributed by atoms with van der Waals surface area (Å²) in [5, 5.41) is 6.24. The van der Waals surface area contributed by atoms with Crippen molar-refractivity contribution < 1.29 is 4.79 Å². The fraction of sp³-hybridized carbons (Fsp3) is 0.462. The summed E-state index contributed by atoms with van der Waals surface area (Å²) in [4.78, 5) is 12.0. The number of nitrogens with one attached hydrogen (secondary N) is 2. The maximum atomic E-state index is 12.0. The minimum atomic E-state index is -1.69. The highest BCUT2D eigenvalue weighted by Crippen LogP contribution is 2.32. The summed E-state index contributed by atoms with van der Waals surface area (Å²) < 4.78 is -1.69. The van der Waals surface area contributed by atoms with Gasteiger partial charge in [-0.1, -0.05) is 67.2 Å². The highest BCUT2D eigenvalue weighted by Gasteiger charge is 2.36. The van der Waals surface area contributed by atoms with E-state index in [1.165, 1.54) is 0 Å². The Morgan fingerprint density at radius 3 is 2.00 bits per heavy atom. The van der Waals surface area contributed by atoms with Gasteiger partial charge in [-0.15, -0.1) is 0 Å². The summed E-state index contributed by atoms with van der Waals surface area (Å²) in [5.41, 5.74) is 0.0930. The van der Waals surface area contributed by atoms with E-state index in [0.29, 0.717) is 10.7 Å².